The Morgan fingerprint density at radius 1 is 1.13 bits per heavy atom. The van der Waals surface area contributed by atoms with E-state index in [9.17, 15) is 36.0 Å². The van der Waals surface area contributed by atoms with Gasteiger partial charge in [-0.3, -0.25) is 14.3 Å². The second-order valence-corrected chi connectivity index (χ2v) is 15.2. The molecule has 2 aromatic carbocycles. The Bertz CT molecular complexity index is 1870. The molecule has 1 atom stereocenters. The lowest BCUT2D eigenvalue weighted by Crippen LogP contribution is -2.37. The summed E-state index contributed by atoms with van der Waals surface area (Å²) >= 11 is 12.6. The number of halogens is 5. The van der Waals surface area contributed by atoms with Gasteiger partial charge in [0.15, 0.2) is 9.84 Å². The van der Waals surface area contributed by atoms with Gasteiger partial charge in [0.25, 0.3) is 5.56 Å². The number of carbonyl (C=O) groups excluding carboxylic acids is 1. The molecule has 252 valence electrons. The Labute approximate surface area is 273 Å². The van der Waals surface area contributed by atoms with Crippen molar-refractivity contribution in [3.8, 4) is 0 Å². The molecule has 1 fully saturated rings. The molecule has 0 aliphatic carbocycles. The Morgan fingerprint density at radius 3 is 2.46 bits per heavy atom. The topological polar surface area (TPSA) is 131 Å². The van der Waals surface area contributed by atoms with Gasteiger partial charge in [0, 0.05) is 24.2 Å². The molecular formula is C30H35Cl2F3N4O6S. The highest BCUT2D eigenvalue weighted by molar-refractivity contribution is 7.91. The molecule has 10 nitrogen and oxygen atoms in total. The lowest BCUT2D eigenvalue weighted by atomic mass is 10.0. The molecular weight excluding hydrogens is 672 g/mol. The second kappa shape index (κ2) is 13.6. The zero-order valence-electron chi connectivity index (χ0n) is 25.7. The minimum absolute atomic E-state index is 0.0290. The van der Waals surface area contributed by atoms with Crippen molar-refractivity contribution >= 4 is 50.0 Å². The summed E-state index contributed by atoms with van der Waals surface area (Å²) in [6.07, 6.45) is -3.65. The number of alkyl carbamates (subject to hydrolysis) is 1. The molecule has 1 aliphatic rings. The van der Waals surface area contributed by atoms with E-state index in [1.165, 1.54) is 25.1 Å². The Kier molecular flexibility index (Phi) is 10.6. The number of aromatic nitrogens is 2. The lowest BCUT2D eigenvalue weighted by Gasteiger charge is -2.27. The first-order chi connectivity index (χ1) is 21.3. The van der Waals surface area contributed by atoms with Crippen molar-refractivity contribution < 1.29 is 31.1 Å². The lowest BCUT2D eigenvalue weighted by molar-refractivity contribution is -0.138. The van der Waals surface area contributed by atoms with E-state index in [1.807, 2.05) is 4.90 Å². The van der Waals surface area contributed by atoms with Crippen LogP contribution in [0.15, 0.2) is 38.8 Å². The van der Waals surface area contributed by atoms with Crippen molar-refractivity contribution in [2.24, 2.45) is 0 Å². The number of carbonyl (C=O) groups is 1. The number of aromatic amines is 1. The molecule has 2 N–H and O–H groups in total. The molecule has 1 amide bonds. The summed E-state index contributed by atoms with van der Waals surface area (Å²) in [5.74, 6) is -0.268. The molecule has 0 saturated carbocycles. The minimum atomic E-state index is -4.90. The average Bonchev–Trinajstić information content (AvgIpc) is 3.37. The number of likely N-dealkylation sites (tertiary alicyclic amines) is 1. The van der Waals surface area contributed by atoms with Gasteiger partial charge in [0.2, 0.25) is 0 Å². The van der Waals surface area contributed by atoms with Crippen LogP contribution >= 0.6 is 23.2 Å². The largest absolute Gasteiger partial charge is 0.444 e. The maximum Gasteiger partial charge on any atom is 0.416 e. The maximum absolute atomic E-state index is 14.5. The molecule has 16 heteroatoms. The highest BCUT2D eigenvalue weighted by Crippen LogP contribution is 2.39. The van der Waals surface area contributed by atoms with Crippen molar-refractivity contribution in [2.45, 2.75) is 82.8 Å². The Hall–Kier alpha value is -3.07. The number of hydrogen-bond donors (Lipinski definition) is 2. The van der Waals surface area contributed by atoms with Crippen LogP contribution < -0.4 is 16.6 Å². The third-order valence-electron chi connectivity index (χ3n) is 7.70. The van der Waals surface area contributed by atoms with Gasteiger partial charge in [-0.05, 0) is 82.0 Å². The van der Waals surface area contributed by atoms with E-state index < -0.39 is 61.5 Å². The summed E-state index contributed by atoms with van der Waals surface area (Å²) in [4.78, 5) is 42.8. The highest BCUT2D eigenvalue weighted by atomic mass is 35.5. The van der Waals surface area contributed by atoms with E-state index in [0.717, 1.165) is 0 Å². The number of rotatable bonds is 9. The average molecular weight is 708 g/mol. The molecule has 1 aliphatic heterocycles. The van der Waals surface area contributed by atoms with Crippen LogP contribution in [0, 0.1) is 0 Å². The van der Waals surface area contributed by atoms with Crippen LogP contribution in [0.4, 0.5) is 18.0 Å². The number of H-pyrrole nitrogens is 1. The van der Waals surface area contributed by atoms with Crippen molar-refractivity contribution in [3.05, 3.63) is 71.8 Å². The van der Waals surface area contributed by atoms with E-state index in [-0.39, 0.29) is 51.4 Å². The molecule has 2 heterocycles. The van der Waals surface area contributed by atoms with E-state index in [2.05, 4.69) is 10.3 Å². The molecule has 0 radical (unpaired) electrons. The fraction of sp³-hybridized carbons (Fsp3) is 0.500. The van der Waals surface area contributed by atoms with Crippen LogP contribution in [0.5, 0.6) is 0 Å². The van der Waals surface area contributed by atoms with Crippen LogP contribution in [0.3, 0.4) is 0 Å². The number of amides is 1. The van der Waals surface area contributed by atoms with Crippen molar-refractivity contribution in [1.29, 1.82) is 0 Å². The number of sulfone groups is 1. The van der Waals surface area contributed by atoms with Crippen LogP contribution in [0.1, 0.15) is 63.6 Å². The monoisotopic (exact) mass is 706 g/mol. The molecule has 0 spiro atoms. The zero-order chi connectivity index (χ0) is 34.2. The van der Waals surface area contributed by atoms with Crippen molar-refractivity contribution in [2.75, 3.05) is 18.8 Å². The maximum atomic E-state index is 14.5. The number of alkyl halides is 3. The van der Waals surface area contributed by atoms with E-state index in [1.54, 1.807) is 20.8 Å². The first-order valence-electron chi connectivity index (χ1n) is 14.6. The number of nitrogens with one attached hydrogen (secondary N) is 2. The van der Waals surface area contributed by atoms with Gasteiger partial charge in [0.1, 0.15) is 5.60 Å². The zero-order valence-corrected chi connectivity index (χ0v) is 28.0. The molecule has 1 aromatic heterocycles. The molecule has 1 saturated heterocycles. The third kappa shape index (κ3) is 8.07. The van der Waals surface area contributed by atoms with Gasteiger partial charge in [-0.2, -0.15) is 13.2 Å². The summed E-state index contributed by atoms with van der Waals surface area (Å²) in [5, 5.41) is 1.91. The summed E-state index contributed by atoms with van der Waals surface area (Å²) in [6.45, 7) is 6.56. The van der Waals surface area contributed by atoms with E-state index in [4.69, 9.17) is 27.9 Å². The van der Waals surface area contributed by atoms with E-state index in [0.29, 0.717) is 36.4 Å². The Balaban J connectivity index is 1.71. The first kappa shape index (κ1) is 35.8. The number of nitrogens with zero attached hydrogens (tertiary/aromatic N) is 2. The highest BCUT2D eigenvalue weighted by Gasteiger charge is 2.37. The van der Waals surface area contributed by atoms with Gasteiger partial charge >= 0.3 is 18.0 Å². The van der Waals surface area contributed by atoms with Crippen LogP contribution in [0.25, 0.3) is 10.9 Å². The molecule has 46 heavy (non-hydrogen) atoms. The Morgan fingerprint density at radius 2 is 1.83 bits per heavy atom. The predicted octanol–water partition coefficient (Wildman–Crippen LogP) is 5.74. The first-order valence-corrected chi connectivity index (χ1v) is 17.0. The van der Waals surface area contributed by atoms with Gasteiger partial charge in [0.05, 0.1) is 38.7 Å². The quantitative estimate of drug-likeness (QED) is 0.290. The molecule has 0 bridgehead atoms. The number of fused-ring (bicyclic) bond motifs is 1. The summed E-state index contributed by atoms with van der Waals surface area (Å²) in [5.41, 5.74) is -4.40. The van der Waals surface area contributed by atoms with Crippen LogP contribution in [-0.4, -0.2) is 59.4 Å². The fourth-order valence-electron chi connectivity index (χ4n) is 5.53. The van der Waals surface area contributed by atoms with Crippen LogP contribution in [-0.2, 0) is 33.8 Å². The SMILES string of the molecule is CCS(=O)(=O)c1ccc(Cl)cc1Cn1c(=O)[nH]c2c(Cl)c(CN3CCC[C@H]3CCNC(=O)OC(C)(C)C)c(C(F)(F)F)cc2c1=O. The van der Waals surface area contributed by atoms with Gasteiger partial charge in [-0.15, -0.1) is 0 Å². The van der Waals surface area contributed by atoms with Crippen molar-refractivity contribution in [3.63, 3.8) is 0 Å². The smallest absolute Gasteiger partial charge is 0.416 e. The summed E-state index contributed by atoms with van der Waals surface area (Å²) in [6, 6.07) is 4.39. The van der Waals surface area contributed by atoms with Gasteiger partial charge in [-0.25, -0.2) is 18.0 Å². The third-order valence-corrected chi connectivity index (χ3v) is 10.2. The minimum Gasteiger partial charge on any atom is -0.444 e. The standard InChI is InChI=1S/C30H35Cl2F3N4O6S/c1-5-46(43,44)23-9-8-18(31)13-17(23)15-39-26(40)20-14-22(30(33,34)35)21(24(32)25(20)37-27(39)41)16-38-12-6-7-19(38)10-11-36-28(42)45-29(2,3)4/h8-9,13-14,19H,5-7,10-12,15-16H2,1-4H3,(H,36,42)(H,37,41)/t19-/m0/s1. The summed E-state index contributed by atoms with van der Waals surface area (Å²) < 4.78 is 74.6. The molecule has 3 aromatic rings. The summed E-state index contributed by atoms with van der Waals surface area (Å²) in [7, 11) is -3.79. The number of hydrogen-bond acceptors (Lipinski definition) is 7. The van der Waals surface area contributed by atoms with Gasteiger partial charge in [-0.1, -0.05) is 30.1 Å². The number of benzene rings is 2. The fourth-order valence-corrected chi connectivity index (χ4v) is 7.15. The predicted molar refractivity (Wildman–Crippen MR) is 169 cm³/mol. The van der Waals surface area contributed by atoms with E-state index >= 15 is 0 Å². The van der Waals surface area contributed by atoms with Crippen LogP contribution in [0.2, 0.25) is 10.0 Å². The number of ether oxygens (including phenoxy) is 1. The normalized spacial score (nSPS) is 16.2. The molecule has 4 rings (SSSR count). The van der Waals surface area contributed by atoms with Gasteiger partial charge < -0.3 is 15.0 Å². The van der Waals surface area contributed by atoms with Crippen molar-refractivity contribution in [1.82, 2.24) is 19.8 Å². The molecule has 0 unspecified atom stereocenters. The second-order valence-electron chi connectivity index (χ2n) is 12.1.